The Hall–Kier alpha value is -3.49. The van der Waals surface area contributed by atoms with Crippen LogP contribution in [0, 0.1) is 0 Å². The molecule has 1 aromatic heterocycles. The number of hydrogen-bond donors (Lipinski definition) is 3. The van der Waals surface area contributed by atoms with Crippen molar-refractivity contribution in [3.05, 3.63) is 83.9 Å². The molecule has 0 aliphatic carbocycles. The molecule has 0 radical (unpaired) electrons. The average molecular weight is 406 g/mol. The van der Waals surface area contributed by atoms with Gasteiger partial charge in [0.2, 0.25) is 10.0 Å². The van der Waals surface area contributed by atoms with E-state index in [2.05, 4.69) is 15.3 Å². The third-order valence-electron chi connectivity index (χ3n) is 4.39. The van der Waals surface area contributed by atoms with Crippen LogP contribution in [-0.4, -0.2) is 24.3 Å². The van der Waals surface area contributed by atoms with E-state index >= 15 is 0 Å². The lowest BCUT2D eigenvalue weighted by Gasteiger charge is -2.07. The number of anilines is 1. The van der Waals surface area contributed by atoms with Gasteiger partial charge in [0.05, 0.1) is 16.8 Å². The molecule has 0 fully saturated rings. The molecule has 1 amide bonds. The van der Waals surface area contributed by atoms with Gasteiger partial charge in [0.1, 0.15) is 5.82 Å². The standard InChI is InChI=1S/C21H18N4O3S/c22-29(27,28)13-14-5-7-16(8-6-14)21(26)23-17-11-9-15(10-12-17)20-24-18-3-1-2-4-19(18)25-20/h1-12H,13H2,(H,23,26)(H,24,25)(H2,22,27,28). The second-order valence-electron chi connectivity index (χ2n) is 6.64. The molecule has 8 heteroatoms. The lowest BCUT2D eigenvalue weighted by Crippen LogP contribution is -2.15. The summed E-state index contributed by atoms with van der Waals surface area (Å²) in [5.74, 6) is 0.205. The highest BCUT2D eigenvalue weighted by atomic mass is 32.2. The summed E-state index contributed by atoms with van der Waals surface area (Å²) in [5.41, 5.74) is 4.36. The zero-order valence-corrected chi connectivity index (χ0v) is 16.1. The quantitative estimate of drug-likeness (QED) is 0.471. The zero-order chi connectivity index (χ0) is 20.4. The van der Waals surface area contributed by atoms with Crippen LogP contribution in [0.15, 0.2) is 72.8 Å². The van der Waals surface area contributed by atoms with Gasteiger partial charge in [-0.25, -0.2) is 18.5 Å². The van der Waals surface area contributed by atoms with E-state index in [1.165, 1.54) is 0 Å². The van der Waals surface area contributed by atoms with Crippen molar-refractivity contribution in [2.75, 3.05) is 5.32 Å². The van der Waals surface area contributed by atoms with Gasteiger partial charge >= 0.3 is 0 Å². The highest BCUT2D eigenvalue weighted by Gasteiger charge is 2.10. The maximum Gasteiger partial charge on any atom is 0.255 e. The van der Waals surface area contributed by atoms with Crippen LogP contribution >= 0.6 is 0 Å². The molecule has 0 aliphatic heterocycles. The molecule has 3 aromatic carbocycles. The van der Waals surface area contributed by atoms with Crippen molar-refractivity contribution >= 4 is 32.7 Å². The summed E-state index contributed by atoms with van der Waals surface area (Å²) in [4.78, 5) is 20.2. The van der Waals surface area contributed by atoms with E-state index in [0.717, 1.165) is 22.4 Å². The normalized spacial score (nSPS) is 11.5. The predicted octanol–water partition coefficient (Wildman–Crippen LogP) is 3.27. The summed E-state index contributed by atoms with van der Waals surface area (Å²) >= 11 is 0. The lowest BCUT2D eigenvalue weighted by molar-refractivity contribution is 0.102. The molecule has 146 valence electrons. The topological polar surface area (TPSA) is 118 Å². The van der Waals surface area contributed by atoms with Gasteiger partial charge in [0.25, 0.3) is 5.91 Å². The molecule has 4 rings (SSSR count). The Bertz CT molecular complexity index is 1240. The number of para-hydroxylation sites is 2. The van der Waals surface area contributed by atoms with Gasteiger partial charge < -0.3 is 10.3 Å². The number of amides is 1. The fraction of sp³-hybridized carbons (Fsp3) is 0.0476. The Labute approximate surface area is 167 Å². The summed E-state index contributed by atoms with van der Waals surface area (Å²) in [6, 6.07) is 21.4. The van der Waals surface area contributed by atoms with Crippen LogP contribution in [0.25, 0.3) is 22.4 Å². The number of carbonyl (C=O) groups excluding carboxylic acids is 1. The summed E-state index contributed by atoms with van der Waals surface area (Å²) in [6.07, 6.45) is 0. The van der Waals surface area contributed by atoms with Gasteiger partial charge in [-0.2, -0.15) is 0 Å². The maximum atomic E-state index is 12.4. The molecule has 1 heterocycles. The number of nitrogens with zero attached hydrogens (tertiary/aromatic N) is 1. The Morgan fingerprint density at radius 3 is 2.31 bits per heavy atom. The molecular formula is C21H18N4O3S. The number of rotatable bonds is 5. The minimum Gasteiger partial charge on any atom is -0.338 e. The number of hydrogen-bond acceptors (Lipinski definition) is 4. The van der Waals surface area contributed by atoms with Gasteiger partial charge in [0, 0.05) is 16.8 Å². The van der Waals surface area contributed by atoms with Crippen LogP contribution in [0.1, 0.15) is 15.9 Å². The minimum atomic E-state index is -3.60. The molecular weight excluding hydrogens is 388 g/mol. The summed E-state index contributed by atoms with van der Waals surface area (Å²) in [6.45, 7) is 0. The lowest BCUT2D eigenvalue weighted by atomic mass is 10.1. The van der Waals surface area contributed by atoms with Crippen LogP contribution in [-0.2, 0) is 15.8 Å². The maximum absolute atomic E-state index is 12.4. The fourth-order valence-electron chi connectivity index (χ4n) is 2.99. The number of imidazole rings is 1. The highest BCUT2D eigenvalue weighted by Crippen LogP contribution is 2.22. The molecule has 0 unspecified atom stereocenters. The van der Waals surface area contributed by atoms with Crippen LogP contribution in [0.3, 0.4) is 0 Å². The average Bonchev–Trinajstić information content (AvgIpc) is 3.12. The number of fused-ring (bicyclic) bond motifs is 1. The van der Waals surface area contributed by atoms with Gasteiger partial charge in [-0.15, -0.1) is 0 Å². The van der Waals surface area contributed by atoms with Crippen LogP contribution in [0.4, 0.5) is 5.69 Å². The van der Waals surface area contributed by atoms with Crippen LogP contribution < -0.4 is 10.5 Å². The molecule has 0 aliphatic rings. The van der Waals surface area contributed by atoms with E-state index in [1.807, 2.05) is 36.4 Å². The molecule has 4 N–H and O–H groups in total. The number of H-pyrrole nitrogens is 1. The first-order valence-electron chi connectivity index (χ1n) is 8.83. The second kappa shape index (κ2) is 7.50. The van der Waals surface area contributed by atoms with Crippen molar-refractivity contribution in [2.24, 2.45) is 5.14 Å². The summed E-state index contributed by atoms with van der Waals surface area (Å²) in [7, 11) is -3.60. The first-order valence-corrected chi connectivity index (χ1v) is 10.5. The summed E-state index contributed by atoms with van der Waals surface area (Å²) in [5, 5.41) is 7.85. The summed E-state index contributed by atoms with van der Waals surface area (Å²) < 4.78 is 22.3. The number of nitrogens with two attached hydrogens (primary N) is 1. The molecule has 29 heavy (non-hydrogen) atoms. The Morgan fingerprint density at radius 2 is 1.66 bits per heavy atom. The third kappa shape index (κ3) is 4.50. The zero-order valence-electron chi connectivity index (χ0n) is 15.3. The van der Waals surface area contributed by atoms with E-state index in [1.54, 1.807) is 36.4 Å². The molecule has 0 saturated carbocycles. The smallest absolute Gasteiger partial charge is 0.255 e. The first kappa shape index (κ1) is 18.9. The van der Waals surface area contributed by atoms with E-state index in [9.17, 15) is 13.2 Å². The fourth-order valence-corrected chi connectivity index (χ4v) is 3.65. The third-order valence-corrected chi connectivity index (χ3v) is 5.13. The minimum absolute atomic E-state index is 0.266. The molecule has 0 saturated heterocycles. The van der Waals surface area contributed by atoms with E-state index in [0.29, 0.717) is 16.8 Å². The van der Waals surface area contributed by atoms with E-state index < -0.39 is 10.0 Å². The molecule has 7 nitrogen and oxygen atoms in total. The number of primary sulfonamides is 1. The van der Waals surface area contributed by atoms with E-state index in [4.69, 9.17) is 5.14 Å². The van der Waals surface area contributed by atoms with Gasteiger partial charge in [-0.1, -0.05) is 24.3 Å². The Balaban J connectivity index is 1.46. The van der Waals surface area contributed by atoms with Crippen molar-refractivity contribution < 1.29 is 13.2 Å². The molecule has 0 atom stereocenters. The van der Waals surface area contributed by atoms with Crippen molar-refractivity contribution in [3.8, 4) is 11.4 Å². The number of nitrogens with one attached hydrogen (secondary N) is 2. The highest BCUT2D eigenvalue weighted by molar-refractivity contribution is 7.88. The number of carbonyl (C=O) groups is 1. The number of sulfonamides is 1. The second-order valence-corrected chi connectivity index (χ2v) is 8.25. The van der Waals surface area contributed by atoms with Crippen molar-refractivity contribution in [1.29, 1.82) is 0 Å². The molecule has 0 spiro atoms. The predicted molar refractivity (Wildman–Crippen MR) is 113 cm³/mol. The van der Waals surface area contributed by atoms with Gasteiger partial charge in [0.15, 0.2) is 0 Å². The Kier molecular flexibility index (Phi) is 4.87. The van der Waals surface area contributed by atoms with Crippen LogP contribution in [0.5, 0.6) is 0 Å². The van der Waals surface area contributed by atoms with E-state index in [-0.39, 0.29) is 11.7 Å². The van der Waals surface area contributed by atoms with Gasteiger partial charge in [-0.3, -0.25) is 4.79 Å². The molecule has 4 aromatic rings. The van der Waals surface area contributed by atoms with Crippen LogP contribution in [0.2, 0.25) is 0 Å². The largest absolute Gasteiger partial charge is 0.338 e. The van der Waals surface area contributed by atoms with Gasteiger partial charge in [-0.05, 0) is 54.1 Å². The Morgan fingerprint density at radius 1 is 0.966 bits per heavy atom. The van der Waals surface area contributed by atoms with Crippen molar-refractivity contribution in [1.82, 2.24) is 9.97 Å². The van der Waals surface area contributed by atoms with Crippen molar-refractivity contribution in [3.63, 3.8) is 0 Å². The molecule has 0 bridgehead atoms. The monoisotopic (exact) mass is 406 g/mol. The number of benzene rings is 3. The number of aromatic amines is 1. The first-order chi connectivity index (χ1) is 13.9. The van der Waals surface area contributed by atoms with Crippen molar-refractivity contribution in [2.45, 2.75) is 5.75 Å². The SMILES string of the molecule is NS(=O)(=O)Cc1ccc(C(=O)Nc2ccc(-c3nc4ccccc4[nH]3)cc2)cc1. The number of aromatic nitrogens is 2.